The number of hydrogen-bond donors (Lipinski definition) is 0. The van der Waals surface area contributed by atoms with E-state index in [0.717, 1.165) is 12.0 Å². The zero-order valence-corrected chi connectivity index (χ0v) is 12.0. The molecule has 0 unspecified atom stereocenters. The average Bonchev–Trinajstić information content (AvgIpc) is 2.47. The Bertz CT molecular complexity index is 555. The molecule has 0 heterocycles. The fourth-order valence-corrected chi connectivity index (χ4v) is 2.09. The third kappa shape index (κ3) is 3.71. The number of halogens is 2. The maximum atomic E-state index is 13.6. The normalized spacial score (nSPS) is 10.6. The number of benzene rings is 2. The monoisotopic (exact) mass is 294 g/mol. The summed E-state index contributed by atoms with van der Waals surface area (Å²) in [5.74, 6) is 0.829. The van der Waals surface area contributed by atoms with Gasteiger partial charge >= 0.3 is 0 Å². The Labute approximate surface area is 123 Å². The molecule has 20 heavy (non-hydrogen) atoms. The summed E-state index contributed by atoms with van der Waals surface area (Å²) in [4.78, 5) is 0. The summed E-state index contributed by atoms with van der Waals surface area (Å²) in [6, 6.07) is 12.3. The summed E-state index contributed by atoms with van der Waals surface area (Å²) >= 11 is 5.75. The fourth-order valence-electron chi connectivity index (χ4n) is 1.84. The first-order valence-corrected chi connectivity index (χ1v) is 6.87. The zero-order valence-electron chi connectivity index (χ0n) is 11.2. The second-order valence-electron chi connectivity index (χ2n) is 4.34. The summed E-state index contributed by atoms with van der Waals surface area (Å²) in [5.41, 5.74) is 1.54. The van der Waals surface area contributed by atoms with Gasteiger partial charge in [-0.1, -0.05) is 18.2 Å². The van der Waals surface area contributed by atoms with Crippen molar-refractivity contribution in [3.63, 3.8) is 0 Å². The Kier molecular flexibility index (Phi) is 5.39. The molecule has 0 saturated carbocycles. The van der Waals surface area contributed by atoms with Crippen molar-refractivity contribution in [2.75, 3.05) is 13.7 Å². The van der Waals surface area contributed by atoms with Crippen molar-refractivity contribution in [1.29, 1.82) is 0 Å². The van der Waals surface area contributed by atoms with Crippen LogP contribution in [0.4, 0.5) is 4.39 Å². The molecule has 0 aliphatic rings. The molecule has 0 N–H and O–H groups in total. The topological polar surface area (TPSA) is 18.5 Å². The number of hydrogen-bond acceptors (Lipinski definition) is 2. The molecule has 0 aliphatic carbocycles. The molecule has 0 aromatic heterocycles. The van der Waals surface area contributed by atoms with Crippen molar-refractivity contribution >= 4 is 11.6 Å². The molecule has 0 aliphatic heterocycles. The van der Waals surface area contributed by atoms with E-state index in [0.29, 0.717) is 23.7 Å². The first kappa shape index (κ1) is 14.8. The van der Waals surface area contributed by atoms with Crippen LogP contribution in [-0.4, -0.2) is 13.7 Å². The van der Waals surface area contributed by atoms with E-state index in [9.17, 15) is 4.39 Å². The van der Waals surface area contributed by atoms with E-state index < -0.39 is 0 Å². The predicted molar refractivity (Wildman–Crippen MR) is 78.1 cm³/mol. The van der Waals surface area contributed by atoms with Gasteiger partial charge in [-0.05, 0) is 36.2 Å². The highest BCUT2D eigenvalue weighted by atomic mass is 35.5. The Morgan fingerprint density at radius 1 is 1.10 bits per heavy atom. The highest BCUT2D eigenvalue weighted by molar-refractivity contribution is 6.17. The van der Waals surface area contributed by atoms with Gasteiger partial charge in [0.15, 0.2) is 0 Å². The predicted octanol–water partition coefficient (Wildman–Crippen LogP) is 4.55. The summed E-state index contributed by atoms with van der Waals surface area (Å²) in [6.45, 7) is 0.681. The second kappa shape index (κ2) is 7.27. The first-order valence-electron chi connectivity index (χ1n) is 6.33. The lowest BCUT2D eigenvalue weighted by Crippen LogP contribution is -1.95. The van der Waals surface area contributed by atoms with E-state index in [1.165, 1.54) is 6.07 Å². The van der Waals surface area contributed by atoms with Gasteiger partial charge in [-0.15, -0.1) is 11.6 Å². The van der Waals surface area contributed by atoms with Crippen LogP contribution in [0.15, 0.2) is 42.5 Å². The van der Waals surface area contributed by atoms with Crippen molar-refractivity contribution in [1.82, 2.24) is 0 Å². The van der Waals surface area contributed by atoms with Crippen molar-refractivity contribution in [2.24, 2.45) is 0 Å². The van der Waals surface area contributed by atoms with Gasteiger partial charge in [0.05, 0.1) is 12.5 Å². The van der Waals surface area contributed by atoms with Crippen LogP contribution in [0.1, 0.15) is 11.1 Å². The lowest BCUT2D eigenvalue weighted by molar-refractivity contribution is 0.202. The van der Waals surface area contributed by atoms with Crippen molar-refractivity contribution in [2.45, 2.75) is 12.3 Å². The van der Waals surface area contributed by atoms with Gasteiger partial charge in [-0.25, -0.2) is 4.39 Å². The molecule has 0 radical (unpaired) electrons. The molecule has 2 aromatic carbocycles. The Morgan fingerprint density at radius 3 is 2.50 bits per heavy atom. The minimum Gasteiger partial charge on any atom is -0.457 e. The van der Waals surface area contributed by atoms with Crippen LogP contribution >= 0.6 is 11.6 Å². The molecule has 0 atom stereocenters. The molecule has 2 rings (SSSR count). The SMILES string of the molecule is COCCc1ccc(Oc2cccc(F)c2CCl)cc1. The number of rotatable bonds is 6. The molecule has 0 bridgehead atoms. The minimum atomic E-state index is -0.353. The van der Waals surface area contributed by atoms with Crippen LogP contribution in [0.3, 0.4) is 0 Å². The van der Waals surface area contributed by atoms with Crippen LogP contribution in [0.2, 0.25) is 0 Å². The molecule has 0 fully saturated rings. The van der Waals surface area contributed by atoms with Gasteiger partial charge in [-0.2, -0.15) is 0 Å². The maximum absolute atomic E-state index is 13.6. The smallest absolute Gasteiger partial charge is 0.134 e. The van der Waals surface area contributed by atoms with Gasteiger partial charge in [0.1, 0.15) is 17.3 Å². The van der Waals surface area contributed by atoms with Gasteiger partial charge < -0.3 is 9.47 Å². The molecular formula is C16H16ClFO2. The summed E-state index contributed by atoms with van der Waals surface area (Å²) in [6.07, 6.45) is 0.851. The minimum absolute atomic E-state index is 0.0773. The average molecular weight is 295 g/mol. The number of ether oxygens (including phenoxy) is 2. The number of methoxy groups -OCH3 is 1. The van der Waals surface area contributed by atoms with Crippen molar-refractivity contribution in [3.05, 3.63) is 59.4 Å². The Balaban J connectivity index is 2.12. The van der Waals surface area contributed by atoms with Crippen LogP contribution in [0.5, 0.6) is 11.5 Å². The van der Waals surface area contributed by atoms with Crippen LogP contribution in [0.25, 0.3) is 0 Å². The summed E-state index contributed by atoms with van der Waals surface area (Å²) in [5, 5.41) is 0. The van der Waals surface area contributed by atoms with Crippen molar-refractivity contribution in [3.8, 4) is 11.5 Å². The van der Waals surface area contributed by atoms with E-state index in [1.54, 1.807) is 19.2 Å². The van der Waals surface area contributed by atoms with Gasteiger partial charge in [0.25, 0.3) is 0 Å². The summed E-state index contributed by atoms with van der Waals surface area (Å²) < 4.78 is 24.3. The van der Waals surface area contributed by atoms with E-state index in [1.807, 2.05) is 24.3 Å². The van der Waals surface area contributed by atoms with Gasteiger partial charge in [-0.3, -0.25) is 0 Å². The van der Waals surface area contributed by atoms with E-state index in [-0.39, 0.29) is 11.7 Å². The molecule has 106 valence electrons. The lowest BCUT2D eigenvalue weighted by atomic mass is 10.1. The Morgan fingerprint density at radius 2 is 1.85 bits per heavy atom. The zero-order chi connectivity index (χ0) is 14.4. The fraction of sp³-hybridized carbons (Fsp3) is 0.250. The lowest BCUT2D eigenvalue weighted by Gasteiger charge is -2.10. The molecule has 2 nitrogen and oxygen atoms in total. The van der Waals surface area contributed by atoms with Gasteiger partial charge in [0.2, 0.25) is 0 Å². The third-order valence-corrected chi connectivity index (χ3v) is 3.22. The maximum Gasteiger partial charge on any atom is 0.134 e. The van der Waals surface area contributed by atoms with E-state index in [4.69, 9.17) is 21.1 Å². The Hall–Kier alpha value is -1.58. The third-order valence-electron chi connectivity index (χ3n) is 2.96. The molecule has 4 heteroatoms. The van der Waals surface area contributed by atoms with Gasteiger partial charge in [0, 0.05) is 12.7 Å². The standard InChI is InChI=1S/C16H16ClFO2/c1-19-10-9-12-5-7-13(8-6-12)20-16-4-2-3-15(18)14(16)11-17/h2-8H,9-11H2,1H3. The molecule has 0 saturated heterocycles. The van der Waals surface area contributed by atoms with E-state index in [2.05, 4.69) is 0 Å². The first-order chi connectivity index (χ1) is 9.74. The highest BCUT2D eigenvalue weighted by Crippen LogP contribution is 2.28. The van der Waals surface area contributed by atoms with Crippen LogP contribution in [0, 0.1) is 5.82 Å². The molecule has 2 aromatic rings. The van der Waals surface area contributed by atoms with Crippen LogP contribution in [-0.2, 0) is 17.0 Å². The second-order valence-corrected chi connectivity index (χ2v) is 4.61. The molecule has 0 amide bonds. The highest BCUT2D eigenvalue weighted by Gasteiger charge is 2.09. The summed E-state index contributed by atoms with van der Waals surface area (Å²) in [7, 11) is 1.68. The van der Waals surface area contributed by atoms with E-state index >= 15 is 0 Å². The largest absolute Gasteiger partial charge is 0.457 e. The molecule has 0 spiro atoms. The quantitative estimate of drug-likeness (QED) is 0.728. The van der Waals surface area contributed by atoms with Crippen LogP contribution < -0.4 is 4.74 Å². The number of alkyl halides is 1. The van der Waals surface area contributed by atoms with Crippen molar-refractivity contribution < 1.29 is 13.9 Å². The molecular weight excluding hydrogens is 279 g/mol.